The average Bonchev–Trinajstić information content (AvgIpc) is 2.42. The third-order valence-electron chi connectivity index (χ3n) is 2.44. The molecule has 0 unspecified atom stereocenters. The molecule has 1 rings (SSSR count). The lowest BCUT2D eigenvalue weighted by Crippen LogP contribution is -2.13. The molecule has 4 N–H and O–H groups in total. The molecule has 0 aromatic carbocycles. The average molecular weight is 287 g/mol. The van der Waals surface area contributed by atoms with E-state index in [1.54, 1.807) is 25.1 Å². The largest absolute Gasteiger partial charge is 0.438 e. The Labute approximate surface area is 122 Å². The van der Waals surface area contributed by atoms with Crippen molar-refractivity contribution in [3.8, 4) is 5.88 Å². The summed E-state index contributed by atoms with van der Waals surface area (Å²) in [7, 11) is 0. The summed E-state index contributed by atoms with van der Waals surface area (Å²) in [6.07, 6.45) is 6.36. The van der Waals surface area contributed by atoms with Crippen LogP contribution < -0.4 is 16.2 Å². The molecule has 0 spiro atoms. The topological polar surface area (TPSA) is 108 Å². The van der Waals surface area contributed by atoms with Crippen LogP contribution in [0.2, 0.25) is 0 Å². The van der Waals surface area contributed by atoms with Crippen LogP contribution in [0.25, 0.3) is 0 Å². The lowest BCUT2D eigenvalue weighted by molar-refractivity contribution is -0.117. The van der Waals surface area contributed by atoms with Gasteiger partial charge in [0.25, 0.3) is 5.91 Å². The van der Waals surface area contributed by atoms with Gasteiger partial charge in [-0.05, 0) is 31.2 Å². The van der Waals surface area contributed by atoms with Crippen molar-refractivity contribution >= 4 is 11.8 Å². The Hall–Kier alpha value is -2.89. The molecule has 0 saturated carbocycles. The van der Waals surface area contributed by atoms with E-state index in [0.29, 0.717) is 5.76 Å². The van der Waals surface area contributed by atoms with Crippen molar-refractivity contribution in [2.75, 3.05) is 0 Å². The van der Waals surface area contributed by atoms with Crippen LogP contribution in [0.1, 0.15) is 23.7 Å². The van der Waals surface area contributed by atoms with E-state index in [1.807, 2.05) is 0 Å². The Morgan fingerprint density at radius 1 is 1.38 bits per heavy atom. The Morgan fingerprint density at radius 3 is 2.67 bits per heavy atom. The summed E-state index contributed by atoms with van der Waals surface area (Å²) >= 11 is 0. The van der Waals surface area contributed by atoms with Gasteiger partial charge in [-0.15, -0.1) is 0 Å². The highest BCUT2D eigenvalue weighted by atomic mass is 16.5. The SMILES string of the molecule is C=C/C(=C\C=C(/C)CC(N)=O)Oc1ncccc1C(N)=O. The molecule has 0 saturated heterocycles. The number of nitrogens with two attached hydrogens (primary N) is 2. The van der Waals surface area contributed by atoms with Crippen molar-refractivity contribution in [3.05, 3.63) is 60.0 Å². The first-order valence-corrected chi connectivity index (χ1v) is 6.15. The fourth-order valence-corrected chi connectivity index (χ4v) is 1.47. The van der Waals surface area contributed by atoms with Crippen molar-refractivity contribution < 1.29 is 14.3 Å². The van der Waals surface area contributed by atoms with E-state index < -0.39 is 11.8 Å². The number of rotatable bonds is 7. The number of carbonyl (C=O) groups is 2. The first-order valence-electron chi connectivity index (χ1n) is 6.15. The van der Waals surface area contributed by atoms with Gasteiger partial charge < -0.3 is 16.2 Å². The zero-order chi connectivity index (χ0) is 15.8. The van der Waals surface area contributed by atoms with Crippen molar-refractivity contribution in [3.63, 3.8) is 0 Å². The van der Waals surface area contributed by atoms with Crippen molar-refractivity contribution in [2.24, 2.45) is 11.5 Å². The Bertz CT molecular complexity index is 618. The van der Waals surface area contributed by atoms with Crippen LogP contribution in [0, 0.1) is 0 Å². The summed E-state index contributed by atoms with van der Waals surface area (Å²) in [6, 6.07) is 3.10. The van der Waals surface area contributed by atoms with Crippen molar-refractivity contribution in [2.45, 2.75) is 13.3 Å². The predicted octanol–water partition coefficient (Wildman–Crippen LogP) is 1.45. The van der Waals surface area contributed by atoms with E-state index in [9.17, 15) is 9.59 Å². The van der Waals surface area contributed by atoms with Gasteiger partial charge in [-0.3, -0.25) is 9.59 Å². The second kappa shape index (κ2) is 7.64. The van der Waals surface area contributed by atoms with Gasteiger partial charge in [-0.2, -0.15) is 0 Å². The molecule has 0 bridgehead atoms. The highest BCUT2D eigenvalue weighted by molar-refractivity contribution is 5.95. The Morgan fingerprint density at radius 2 is 2.10 bits per heavy atom. The maximum absolute atomic E-state index is 11.3. The molecule has 1 aromatic heterocycles. The number of hydrogen-bond donors (Lipinski definition) is 2. The van der Waals surface area contributed by atoms with Gasteiger partial charge in [-0.1, -0.05) is 18.2 Å². The summed E-state index contributed by atoms with van der Waals surface area (Å²) in [4.78, 5) is 26.0. The number of hydrogen-bond acceptors (Lipinski definition) is 4. The molecular formula is C15H17N3O3. The van der Waals surface area contributed by atoms with Crippen molar-refractivity contribution in [1.29, 1.82) is 0 Å². The summed E-state index contributed by atoms with van der Waals surface area (Å²) in [6.45, 7) is 5.37. The standard InChI is InChI=1S/C15H17N3O3/c1-3-11(7-6-10(2)9-13(16)19)21-15-12(14(17)20)5-4-8-18-15/h3-8H,1,9H2,2H3,(H2,16,19)(H2,17,20)/b10-6+,11-7+. The predicted molar refractivity (Wildman–Crippen MR) is 79.2 cm³/mol. The minimum atomic E-state index is -0.637. The van der Waals surface area contributed by atoms with Crippen LogP contribution in [0.3, 0.4) is 0 Å². The number of carbonyl (C=O) groups excluding carboxylic acids is 2. The van der Waals surface area contributed by atoms with E-state index in [4.69, 9.17) is 16.2 Å². The Balaban J connectivity index is 2.95. The molecule has 0 fully saturated rings. The quantitative estimate of drug-likeness (QED) is 0.584. The molecule has 21 heavy (non-hydrogen) atoms. The zero-order valence-corrected chi connectivity index (χ0v) is 11.7. The van der Waals surface area contributed by atoms with E-state index in [2.05, 4.69) is 11.6 Å². The third kappa shape index (κ3) is 5.32. The fraction of sp³-hybridized carbons (Fsp3) is 0.133. The monoisotopic (exact) mass is 287 g/mol. The maximum Gasteiger partial charge on any atom is 0.254 e. The van der Waals surface area contributed by atoms with Gasteiger partial charge in [0.15, 0.2) is 0 Å². The van der Waals surface area contributed by atoms with Crippen LogP contribution in [-0.2, 0) is 4.79 Å². The summed E-state index contributed by atoms with van der Waals surface area (Å²) in [5.74, 6) is -0.599. The molecule has 6 nitrogen and oxygen atoms in total. The van der Waals surface area contributed by atoms with Crippen LogP contribution in [0.5, 0.6) is 5.88 Å². The van der Waals surface area contributed by atoms with Gasteiger partial charge in [0.1, 0.15) is 11.3 Å². The third-order valence-corrected chi connectivity index (χ3v) is 2.44. The lowest BCUT2D eigenvalue weighted by atomic mass is 10.2. The van der Waals surface area contributed by atoms with Gasteiger partial charge >= 0.3 is 0 Å². The molecule has 1 heterocycles. The Kier molecular flexibility index (Phi) is 5.88. The van der Waals surface area contributed by atoms with Crippen LogP contribution in [0.15, 0.2) is 54.5 Å². The van der Waals surface area contributed by atoms with E-state index in [-0.39, 0.29) is 17.9 Å². The van der Waals surface area contributed by atoms with Crippen LogP contribution >= 0.6 is 0 Å². The smallest absolute Gasteiger partial charge is 0.254 e. The molecule has 6 heteroatoms. The molecule has 0 atom stereocenters. The minimum Gasteiger partial charge on any atom is -0.438 e. The van der Waals surface area contributed by atoms with E-state index in [0.717, 1.165) is 5.57 Å². The molecule has 0 aliphatic rings. The summed E-state index contributed by atoms with van der Waals surface area (Å²) in [5.41, 5.74) is 11.3. The van der Waals surface area contributed by atoms with Gasteiger partial charge in [0.05, 0.1) is 0 Å². The maximum atomic E-state index is 11.3. The minimum absolute atomic E-state index is 0.0945. The molecule has 2 amide bonds. The first kappa shape index (κ1) is 16.2. The van der Waals surface area contributed by atoms with Gasteiger partial charge in [0.2, 0.25) is 11.8 Å². The van der Waals surface area contributed by atoms with E-state index in [1.165, 1.54) is 18.3 Å². The van der Waals surface area contributed by atoms with Crippen LogP contribution in [0.4, 0.5) is 0 Å². The molecule has 0 aliphatic heterocycles. The number of ether oxygens (including phenoxy) is 1. The molecule has 0 aliphatic carbocycles. The van der Waals surface area contributed by atoms with Gasteiger partial charge in [-0.25, -0.2) is 4.98 Å². The fourth-order valence-electron chi connectivity index (χ4n) is 1.47. The molecular weight excluding hydrogens is 270 g/mol. The first-order chi connectivity index (χ1) is 9.93. The highest BCUT2D eigenvalue weighted by Gasteiger charge is 2.10. The number of allylic oxidation sites excluding steroid dienone is 3. The van der Waals surface area contributed by atoms with Crippen LogP contribution in [-0.4, -0.2) is 16.8 Å². The summed E-state index contributed by atoms with van der Waals surface area (Å²) in [5, 5.41) is 0. The normalized spacial score (nSPS) is 11.9. The van der Waals surface area contributed by atoms with Gasteiger partial charge in [0, 0.05) is 12.6 Å². The second-order valence-corrected chi connectivity index (χ2v) is 4.25. The number of pyridine rings is 1. The number of primary amides is 2. The molecule has 0 radical (unpaired) electrons. The number of aromatic nitrogens is 1. The molecule has 110 valence electrons. The molecule has 1 aromatic rings. The van der Waals surface area contributed by atoms with Crippen molar-refractivity contribution in [1.82, 2.24) is 4.98 Å². The van der Waals surface area contributed by atoms with E-state index >= 15 is 0 Å². The summed E-state index contributed by atoms with van der Waals surface area (Å²) < 4.78 is 5.48. The lowest BCUT2D eigenvalue weighted by Gasteiger charge is -2.07. The number of amides is 2. The second-order valence-electron chi connectivity index (χ2n) is 4.25. The zero-order valence-electron chi connectivity index (χ0n) is 11.7. The number of nitrogens with zero attached hydrogens (tertiary/aromatic N) is 1. The highest BCUT2D eigenvalue weighted by Crippen LogP contribution is 2.17.